The Bertz CT molecular complexity index is 863. The van der Waals surface area contributed by atoms with E-state index in [1.807, 2.05) is 6.92 Å². The van der Waals surface area contributed by atoms with E-state index in [2.05, 4.69) is 4.98 Å². The maximum Gasteiger partial charge on any atom is 0.243 e. The Balaban J connectivity index is 2.31. The fourth-order valence-electron chi connectivity index (χ4n) is 2.35. The summed E-state index contributed by atoms with van der Waals surface area (Å²) in [5.41, 5.74) is 1.21. The molecule has 1 aromatic heterocycles. The van der Waals surface area contributed by atoms with Gasteiger partial charge in [-0.3, -0.25) is 4.79 Å². The normalized spacial score (nSPS) is 12.8. The minimum atomic E-state index is -3.93. The fraction of sp³-hybridized carbons (Fsp3) is 0.333. The average Bonchev–Trinajstić information content (AvgIpc) is 2.61. The van der Waals surface area contributed by atoms with Crippen molar-refractivity contribution in [1.82, 2.24) is 9.29 Å². The number of carbonyl (C=O) groups is 1. The Morgan fingerprint density at radius 2 is 1.92 bits per heavy atom. The zero-order valence-electron chi connectivity index (χ0n) is 14.9. The number of hydrogen-bond acceptors (Lipinski definition) is 6. The lowest BCUT2D eigenvalue weighted by molar-refractivity contribution is 0.0943. The minimum Gasteiger partial charge on any atom is -0.481 e. The minimum absolute atomic E-state index is 0.0730. The number of aromatic nitrogens is 1. The Hall–Kier alpha value is -2.29. The molecule has 1 atom stereocenters. The lowest BCUT2D eigenvalue weighted by atomic mass is 10.2. The highest BCUT2D eigenvalue weighted by molar-refractivity contribution is 7.89. The van der Waals surface area contributed by atoms with E-state index >= 15 is 0 Å². The van der Waals surface area contributed by atoms with E-state index in [0.29, 0.717) is 0 Å². The highest BCUT2D eigenvalue weighted by Crippen LogP contribution is 2.18. The molecular weight excluding hydrogens is 356 g/mol. The first-order valence-corrected chi connectivity index (χ1v) is 9.46. The summed E-state index contributed by atoms with van der Waals surface area (Å²) in [7, 11) is -2.50. The number of ether oxygens (including phenoxy) is 1. The molecule has 2 rings (SSSR count). The molecule has 0 aliphatic rings. The number of ketones is 1. The highest BCUT2D eigenvalue weighted by Gasteiger charge is 2.28. The summed E-state index contributed by atoms with van der Waals surface area (Å²) in [6, 6.07) is 9.27. The van der Waals surface area contributed by atoms with Crippen LogP contribution in [-0.2, 0) is 10.0 Å². The molecule has 1 aromatic carbocycles. The molecule has 0 radical (unpaired) electrons. The van der Waals surface area contributed by atoms with E-state index in [9.17, 15) is 18.3 Å². The van der Waals surface area contributed by atoms with Crippen LogP contribution in [0.25, 0.3) is 0 Å². The third kappa shape index (κ3) is 4.87. The molecule has 7 nitrogen and oxygen atoms in total. The number of pyridine rings is 1. The second kappa shape index (κ2) is 8.39. The largest absolute Gasteiger partial charge is 0.481 e. The lowest BCUT2D eigenvalue weighted by Crippen LogP contribution is -2.40. The van der Waals surface area contributed by atoms with Gasteiger partial charge in [-0.2, -0.15) is 4.31 Å². The van der Waals surface area contributed by atoms with E-state index in [4.69, 9.17) is 4.74 Å². The number of hydrogen-bond donors (Lipinski definition) is 1. The van der Waals surface area contributed by atoms with Crippen molar-refractivity contribution in [3.63, 3.8) is 0 Å². The molecule has 0 aliphatic carbocycles. The molecule has 0 spiro atoms. The summed E-state index contributed by atoms with van der Waals surface area (Å²) in [5.74, 6) is -0.152. The number of rotatable bonds is 8. The highest BCUT2D eigenvalue weighted by atomic mass is 32.2. The molecular formula is C18H22N2O5S. The third-order valence-electron chi connectivity index (χ3n) is 3.71. The van der Waals surface area contributed by atoms with Crippen LogP contribution in [0.3, 0.4) is 0 Å². The summed E-state index contributed by atoms with van der Waals surface area (Å²) >= 11 is 0. The predicted octanol–water partition coefficient (Wildman–Crippen LogP) is 1.65. The van der Waals surface area contributed by atoms with Crippen LogP contribution in [0.15, 0.2) is 47.5 Å². The first kappa shape index (κ1) is 20.0. The maximum atomic E-state index is 12.9. The first-order chi connectivity index (χ1) is 12.2. The molecule has 8 heteroatoms. The number of aliphatic hydroxyl groups is 1. The average molecular weight is 378 g/mol. The molecule has 1 N–H and O–H groups in total. The van der Waals surface area contributed by atoms with Crippen LogP contribution in [0.5, 0.6) is 5.88 Å². The number of benzene rings is 1. The van der Waals surface area contributed by atoms with Crippen LogP contribution in [0.2, 0.25) is 0 Å². The van der Waals surface area contributed by atoms with Crippen molar-refractivity contribution in [3.8, 4) is 5.88 Å². The van der Waals surface area contributed by atoms with Crippen molar-refractivity contribution in [2.75, 3.05) is 20.2 Å². The number of aliphatic hydroxyl groups excluding tert-OH is 1. The Morgan fingerprint density at radius 3 is 2.50 bits per heavy atom. The van der Waals surface area contributed by atoms with Crippen LogP contribution in [0.4, 0.5) is 0 Å². The lowest BCUT2D eigenvalue weighted by Gasteiger charge is -2.23. The summed E-state index contributed by atoms with van der Waals surface area (Å²) in [6.45, 7) is 2.74. The number of methoxy groups -OCH3 is 1. The number of sulfonamides is 1. The van der Waals surface area contributed by atoms with Crippen LogP contribution >= 0.6 is 0 Å². The molecule has 0 bridgehead atoms. The van der Waals surface area contributed by atoms with Gasteiger partial charge < -0.3 is 9.84 Å². The zero-order chi connectivity index (χ0) is 19.3. The molecule has 2 aromatic rings. The van der Waals surface area contributed by atoms with Gasteiger partial charge in [0.2, 0.25) is 15.9 Å². The van der Waals surface area contributed by atoms with Gasteiger partial charge in [0.05, 0.1) is 24.7 Å². The van der Waals surface area contributed by atoms with Crippen molar-refractivity contribution in [2.24, 2.45) is 0 Å². The van der Waals surface area contributed by atoms with Crippen molar-refractivity contribution in [1.29, 1.82) is 0 Å². The van der Waals surface area contributed by atoms with Gasteiger partial charge in [0, 0.05) is 24.4 Å². The Labute approximate surface area is 153 Å². The van der Waals surface area contributed by atoms with E-state index in [1.54, 1.807) is 12.1 Å². The van der Waals surface area contributed by atoms with Gasteiger partial charge >= 0.3 is 0 Å². The quantitative estimate of drug-likeness (QED) is 0.702. The van der Waals surface area contributed by atoms with Crippen LogP contribution in [0, 0.1) is 6.92 Å². The Kier molecular flexibility index (Phi) is 6.47. The van der Waals surface area contributed by atoms with Crippen molar-refractivity contribution >= 4 is 15.8 Å². The van der Waals surface area contributed by atoms with E-state index in [-0.39, 0.29) is 22.9 Å². The van der Waals surface area contributed by atoms with Crippen LogP contribution in [-0.4, -0.2) is 54.9 Å². The van der Waals surface area contributed by atoms with E-state index in [0.717, 1.165) is 9.87 Å². The third-order valence-corrected chi connectivity index (χ3v) is 5.54. The van der Waals surface area contributed by atoms with Gasteiger partial charge in [-0.1, -0.05) is 17.7 Å². The van der Waals surface area contributed by atoms with Crippen LogP contribution < -0.4 is 4.74 Å². The van der Waals surface area contributed by atoms with Gasteiger partial charge in [-0.05, 0) is 32.0 Å². The second-order valence-electron chi connectivity index (χ2n) is 5.97. The molecule has 1 unspecified atom stereocenters. The number of Topliss-reactive ketones (excluding diaryl/α,β-unsaturated/α-hetero) is 1. The SMILES string of the molecule is COc1cc(C(=O)CN(CC(C)O)S(=O)(=O)c2ccc(C)cc2)ccn1. The molecule has 0 saturated carbocycles. The molecule has 0 amide bonds. The van der Waals surface area contributed by atoms with Gasteiger partial charge in [-0.15, -0.1) is 0 Å². The maximum absolute atomic E-state index is 12.9. The summed E-state index contributed by atoms with van der Waals surface area (Å²) in [5, 5.41) is 9.70. The van der Waals surface area contributed by atoms with Gasteiger partial charge in [-0.25, -0.2) is 13.4 Å². The van der Waals surface area contributed by atoms with E-state index < -0.39 is 28.5 Å². The molecule has 1 heterocycles. The number of nitrogens with zero attached hydrogens (tertiary/aromatic N) is 2. The molecule has 26 heavy (non-hydrogen) atoms. The van der Waals surface area contributed by atoms with Crippen molar-refractivity contribution in [2.45, 2.75) is 24.8 Å². The number of aryl methyl sites for hydroxylation is 1. The first-order valence-electron chi connectivity index (χ1n) is 8.02. The second-order valence-corrected chi connectivity index (χ2v) is 7.91. The van der Waals surface area contributed by atoms with Crippen molar-refractivity contribution in [3.05, 3.63) is 53.7 Å². The summed E-state index contributed by atoms with van der Waals surface area (Å²) in [6.07, 6.45) is 0.495. The molecule has 0 aliphatic heterocycles. The van der Waals surface area contributed by atoms with Crippen LogP contribution in [0.1, 0.15) is 22.8 Å². The zero-order valence-corrected chi connectivity index (χ0v) is 15.7. The van der Waals surface area contributed by atoms with Crippen molar-refractivity contribution < 1.29 is 23.1 Å². The molecule has 140 valence electrons. The smallest absolute Gasteiger partial charge is 0.243 e. The summed E-state index contributed by atoms with van der Waals surface area (Å²) < 4.78 is 31.8. The van der Waals surface area contributed by atoms with Gasteiger partial charge in [0.25, 0.3) is 0 Å². The topological polar surface area (TPSA) is 96.8 Å². The predicted molar refractivity (Wildman–Crippen MR) is 96.7 cm³/mol. The standard InChI is InChI=1S/C18H22N2O5S/c1-13-4-6-16(7-5-13)26(23,24)20(11-14(2)21)12-17(22)15-8-9-19-18(10-15)25-3/h4-10,14,21H,11-12H2,1-3H3. The Morgan fingerprint density at radius 1 is 1.27 bits per heavy atom. The number of carbonyl (C=O) groups excluding carboxylic acids is 1. The molecule has 0 saturated heterocycles. The monoisotopic (exact) mass is 378 g/mol. The molecule has 0 fully saturated rings. The van der Waals surface area contributed by atoms with Gasteiger partial charge in [0.1, 0.15) is 0 Å². The fourth-order valence-corrected chi connectivity index (χ4v) is 3.83. The van der Waals surface area contributed by atoms with Gasteiger partial charge in [0.15, 0.2) is 5.78 Å². The van der Waals surface area contributed by atoms with E-state index in [1.165, 1.54) is 44.5 Å². The summed E-state index contributed by atoms with van der Waals surface area (Å²) in [4.78, 5) is 16.6.